The highest BCUT2D eigenvalue weighted by molar-refractivity contribution is 14.0. The van der Waals surface area contributed by atoms with Crippen LogP contribution < -0.4 is 15.5 Å². The number of para-hydroxylation sites is 1. The third kappa shape index (κ3) is 5.95. The maximum Gasteiger partial charge on any atom is 0.227 e. The lowest BCUT2D eigenvalue weighted by atomic mass is 10.1. The first-order valence-electron chi connectivity index (χ1n) is 9.55. The number of fused-ring (bicyclic) bond motifs is 1. The van der Waals surface area contributed by atoms with Gasteiger partial charge in [0.05, 0.1) is 0 Å². The van der Waals surface area contributed by atoms with Gasteiger partial charge in [0.25, 0.3) is 0 Å². The van der Waals surface area contributed by atoms with E-state index in [-0.39, 0.29) is 29.9 Å². The number of hydrogen-bond donors (Lipinski definition) is 2. The van der Waals surface area contributed by atoms with Crippen LogP contribution in [0.25, 0.3) is 0 Å². The van der Waals surface area contributed by atoms with E-state index in [1.54, 1.807) is 7.05 Å². The number of aryl methyl sites for hydroxylation is 1. The normalized spacial score (nSPS) is 12.9. The summed E-state index contributed by atoms with van der Waals surface area (Å²) in [5.41, 5.74) is 4.81. The monoisotopic (exact) mass is 492 g/mol. The van der Waals surface area contributed by atoms with Crippen LogP contribution in [0.5, 0.6) is 0 Å². The minimum atomic E-state index is 0. The molecule has 0 aromatic heterocycles. The fourth-order valence-corrected chi connectivity index (χ4v) is 3.29. The molecular formula is C22H29IN4O. The molecule has 1 aliphatic heterocycles. The van der Waals surface area contributed by atoms with Crippen molar-refractivity contribution in [1.82, 2.24) is 10.6 Å². The SMILES string of the molecule is CN=C(NCCCC(=O)N1CCc2ccccc21)NCc1ccc(C)cc1.I. The van der Waals surface area contributed by atoms with Gasteiger partial charge in [0.15, 0.2) is 5.96 Å². The number of halogens is 1. The van der Waals surface area contributed by atoms with Crippen molar-refractivity contribution in [1.29, 1.82) is 0 Å². The van der Waals surface area contributed by atoms with Gasteiger partial charge in [0, 0.05) is 38.8 Å². The van der Waals surface area contributed by atoms with Crippen LogP contribution in [0.1, 0.15) is 29.5 Å². The zero-order chi connectivity index (χ0) is 19.1. The van der Waals surface area contributed by atoms with Gasteiger partial charge in [-0.15, -0.1) is 24.0 Å². The molecule has 2 aromatic rings. The second-order valence-electron chi connectivity index (χ2n) is 6.87. The molecule has 2 N–H and O–H groups in total. The van der Waals surface area contributed by atoms with Gasteiger partial charge in [-0.25, -0.2) is 0 Å². The molecule has 0 fully saturated rings. The van der Waals surface area contributed by atoms with Gasteiger partial charge in [0.2, 0.25) is 5.91 Å². The van der Waals surface area contributed by atoms with E-state index in [0.717, 1.165) is 44.1 Å². The summed E-state index contributed by atoms with van der Waals surface area (Å²) in [6, 6.07) is 16.6. The Kier molecular flexibility index (Phi) is 8.76. The summed E-state index contributed by atoms with van der Waals surface area (Å²) in [5.74, 6) is 0.957. The topological polar surface area (TPSA) is 56.7 Å². The van der Waals surface area contributed by atoms with Gasteiger partial charge < -0.3 is 15.5 Å². The number of carbonyl (C=O) groups is 1. The highest BCUT2D eigenvalue weighted by Crippen LogP contribution is 2.27. The molecule has 1 amide bonds. The summed E-state index contributed by atoms with van der Waals surface area (Å²) >= 11 is 0. The molecular weight excluding hydrogens is 463 g/mol. The number of carbonyl (C=O) groups excluding carboxylic acids is 1. The molecule has 2 aromatic carbocycles. The second kappa shape index (κ2) is 11.0. The first-order valence-corrected chi connectivity index (χ1v) is 9.55. The zero-order valence-corrected chi connectivity index (χ0v) is 18.9. The highest BCUT2D eigenvalue weighted by Gasteiger charge is 2.23. The van der Waals surface area contributed by atoms with E-state index >= 15 is 0 Å². The Morgan fingerprint density at radius 2 is 1.86 bits per heavy atom. The van der Waals surface area contributed by atoms with E-state index in [9.17, 15) is 4.79 Å². The lowest BCUT2D eigenvalue weighted by Gasteiger charge is -2.17. The summed E-state index contributed by atoms with van der Waals surface area (Å²) in [6.45, 7) is 4.32. The van der Waals surface area contributed by atoms with Crippen LogP contribution in [0.3, 0.4) is 0 Å². The molecule has 150 valence electrons. The van der Waals surface area contributed by atoms with Crippen molar-refractivity contribution in [3.8, 4) is 0 Å². The first kappa shape index (κ1) is 22.2. The quantitative estimate of drug-likeness (QED) is 0.280. The minimum absolute atomic E-state index is 0. The number of nitrogens with one attached hydrogen (secondary N) is 2. The van der Waals surface area contributed by atoms with Crippen molar-refractivity contribution in [2.24, 2.45) is 4.99 Å². The Bertz CT molecular complexity index is 804. The van der Waals surface area contributed by atoms with E-state index in [2.05, 4.69) is 52.9 Å². The van der Waals surface area contributed by atoms with Gasteiger partial charge in [-0.1, -0.05) is 48.0 Å². The number of nitrogens with zero attached hydrogens (tertiary/aromatic N) is 2. The van der Waals surface area contributed by atoms with E-state index in [4.69, 9.17) is 0 Å². The molecule has 6 heteroatoms. The lowest BCUT2D eigenvalue weighted by molar-refractivity contribution is -0.118. The third-order valence-electron chi connectivity index (χ3n) is 4.85. The fraction of sp³-hybridized carbons (Fsp3) is 0.364. The number of amides is 1. The lowest BCUT2D eigenvalue weighted by Crippen LogP contribution is -2.37. The maximum absolute atomic E-state index is 12.5. The molecule has 0 radical (unpaired) electrons. The van der Waals surface area contributed by atoms with E-state index < -0.39 is 0 Å². The largest absolute Gasteiger partial charge is 0.356 e. The van der Waals surface area contributed by atoms with E-state index in [1.165, 1.54) is 16.7 Å². The number of aliphatic imine (C=N–C) groups is 1. The Morgan fingerprint density at radius 3 is 2.61 bits per heavy atom. The third-order valence-corrected chi connectivity index (χ3v) is 4.85. The van der Waals surface area contributed by atoms with Crippen LogP contribution in [0, 0.1) is 6.92 Å². The molecule has 5 nitrogen and oxygen atoms in total. The summed E-state index contributed by atoms with van der Waals surface area (Å²) in [4.78, 5) is 18.7. The standard InChI is InChI=1S/C22H28N4O.HI/c1-17-9-11-18(12-10-17)16-25-22(23-2)24-14-5-8-21(27)26-15-13-19-6-3-4-7-20(19)26;/h3-4,6-7,9-12H,5,8,13-16H2,1-2H3,(H2,23,24,25);1H. The predicted molar refractivity (Wildman–Crippen MR) is 127 cm³/mol. The molecule has 0 aliphatic carbocycles. The number of rotatable bonds is 6. The number of hydrogen-bond acceptors (Lipinski definition) is 2. The van der Waals surface area contributed by atoms with Crippen molar-refractivity contribution in [2.75, 3.05) is 25.0 Å². The van der Waals surface area contributed by atoms with Gasteiger partial charge in [0.1, 0.15) is 0 Å². The molecule has 0 spiro atoms. The molecule has 28 heavy (non-hydrogen) atoms. The van der Waals surface area contributed by atoms with Crippen molar-refractivity contribution >= 4 is 41.5 Å². The van der Waals surface area contributed by atoms with Crippen LogP contribution in [0.2, 0.25) is 0 Å². The van der Waals surface area contributed by atoms with Gasteiger partial charge in [-0.2, -0.15) is 0 Å². The van der Waals surface area contributed by atoms with Crippen molar-refractivity contribution in [3.05, 3.63) is 65.2 Å². The maximum atomic E-state index is 12.5. The summed E-state index contributed by atoms with van der Waals surface area (Å²) < 4.78 is 0. The van der Waals surface area contributed by atoms with Crippen molar-refractivity contribution < 1.29 is 4.79 Å². The average Bonchev–Trinajstić information content (AvgIpc) is 3.13. The number of guanidine groups is 1. The van der Waals surface area contributed by atoms with Crippen LogP contribution in [0.15, 0.2) is 53.5 Å². The molecule has 0 unspecified atom stereocenters. The number of benzene rings is 2. The molecule has 0 atom stereocenters. The zero-order valence-electron chi connectivity index (χ0n) is 16.6. The van der Waals surface area contributed by atoms with E-state index in [0.29, 0.717) is 6.42 Å². The summed E-state index contributed by atoms with van der Waals surface area (Å²) in [5, 5.41) is 6.59. The van der Waals surface area contributed by atoms with Crippen LogP contribution in [0.4, 0.5) is 5.69 Å². The highest BCUT2D eigenvalue weighted by atomic mass is 127. The Balaban J connectivity index is 0.00000280. The Morgan fingerprint density at radius 1 is 1.11 bits per heavy atom. The van der Waals surface area contributed by atoms with Crippen LogP contribution in [-0.4, -0.2) is 32.0 Å². The number of anilines is 1. The van der Waals surface area contributed by atoms with Crippen molar-refractivity contribution in [3.63, 3.8) is 0 Å². The average molecular weight is 492 g/mol. The molecule has 1 aliphatic rings. The fourth-order valence-electron chi connectivity index (χ4n) is 3.29. The minimum Gasteiger partial charge on any atom is -0.356 e. The van der Waals surface area contributed by atoms with Crippen LogP contribution >= 0.6 is 24.0 Å². The van der Waals surface area contributed by atoms with Gasteiger partial charge in [-0.05, 0) is 37.0 Å². The molecule has 1 heterocycles. The second-order valence-corrected chi connectivity index (χ2v) is 6.87. The summed E-state index contributed by atoms with van der Waals surface area (Å²) in [7, 11) is 1.76. The summed E-state index contributed by atoms with van der Waals surface area (Å²) in [6.07, 6.45) is 2.27. The first-order chi connectivity index (χ1) is 13.2. The molecule has 0 saturated heterocycles. The van der Waals surface area contributed by atoms with Crippen molar-refractivity contribution in [2.45, 2.75) is 32.7 Å². The Hall–Kier alpha value is -2.09. The molecule has 3 rings (SSSR count). The van der Waals surface area contributed by atoms with Crippen LogP contribution in [-0.2, 0) is 17.8 Å². The predicted octanol–water partition coefficient (Wildman–Crippen LogP) is 3.65. The molecule has 0 saturated carbocycles. The molecule has 0 bridgehead atoms. The smallest absolute Gasteiger partial charge is 0.227 e. The van der Waals surface area contributed by atoms with E-state index in [1.807, 2.05) is 23.1 Å². The Labute approximate surface area is 184 Å². The van der Waals surface area contributed by atoms with Gasteiger partial charge >= 0.3 is 0 Å². The van der Waals surface area contributed by atoms with Gasteiger partial charge in [-0.3, -0.25) is 9.79 Å².